The Hall–Kier alpha value is -1.93. The zero-order valence-electron chi connectivity index (χ0n) is 16.4. The molecular formula is C21H25ClN2O4S. The first-order valence-electron chi connectivity index (χ1n) is 9.57. The van der Waals surface area contributed by atoms with E-state index in [0.717, 1.165) is 25.2 Å². The Bertz CT molecular complexity index is 955. The molecule has 1 aliphatic heterocycles. The predicted molar refractivity (Wildman–Crippen MR) is 112 cm³/mol. The number of halogens is 1. The Labute approximate surface area is 176 Å². The minimum atomic E-state index is -3.88. The summed E-state index contributed by atoms with van der Waals surface area (Å²) in [7, 11) is -2.65. The van der Waals surface area contributed by atoms with Crippen molar-refractivity contribution in [2.75, 3.05) is 20.2 Å². The van der Waals surface area contributed by atoms with Crippen LogP contribution in [0, 0.1) is 0 Å². The van der Waals surface area contributed by atoms with Gasteiger partial charge in [-0.2, -0.15) is 0 Å². The fourth-order valence-corrected chi connectivity index (χ4v) is 4.89. The van der Waals surface area contributed by atoms with Gasteiger partial charge in [-0.25, -0.2) is 17.9 Å². The second-order valence-corrected chi connectivity index (χ2v) is 9.26. The minimum Gasteiger partial charge on any atom is -0.465 e. The topological polar surface area (TPSA) is 75.7 Å². The van der Waals surface area contributed by atoms with E-state index in [2.05, 4.69) is 14.4 Å². The van der Waals surface area contributed by atoms with Crippen molar-refractivity contribution in [2.24, 2.45) is 0 Å². The Kier molecular flexibility index (Phi) is 7.29. The number of nitrogens with zero attached hydrogens (tertiary/aromatic N) is 1. The quantitative estimate of drug-likeness (QED) is 0.671. The number of rotatable bonds is 7. The van der Waals surface area contributed by atoms with E-state index in [0.29, 0.717) is 0 Å². The number of carbonyl (C=O) groups excluding carboxylic acids is 1. The van der Waals surface area contributed by atoms with Crippen molar-refractivity contribution < 1.29 is 17.9 Å². The first-order chi connectivity index (χ1) is 13.9. The largest absolute Gasteiger partial charge is 0.465 e. The van der Waals surface area contributed by atoms with Gasteiger partial charge in [0.1, 0.15) is 4.90 Å². The van der Waals surface area contributed by atoms with E-state index < -0.39 is 16.0 Å². The van der Waals surface area contributed by atoms with Gasteiger partial charge in [-0.05, 0) is 55.3 Å². The first kappa shape index (κ1) is 21.8. The second kappa shape index (κ2) is 9.71. The van der Waals surface area contributed by atoms with Gasteiger partial charge in [0.2, 0.25) is 10.0 Å². The molecule has 0 saturated carbocycles. The molecule has 1 heterocycles. The summed E-state index contributed by atoms with van der Waals surface area (Å²) in [4.78, 5) is 14.0. The third-order valence-corrected chi connectivity index (χ3v) is 6.87. The van der Waals surface area contributed by atoms with E-state index >= 15 is 0 Å². The highest BCUT2D eigenvalue weighted by Crippen LogP contribution is 2.23. The Morgan fingerprint density at radius 3 is 2.38 bits per heavy atom. The fraction of sp³-hybridized carbons (Fsp3) is 0.381. The maximum Gasteiger partial charge on any atom is 0.337 e. The van der Waals surface area contributed by atoms with Gasteiger partial charge in [0.15, 0.2) is 0 Å². The van der Waals surface area contributed by atoms with Crippen LogP contribution in [0.4, 0.5) is 0 Å². The predicted octanol–water partition coefficient (Wildman–Crippen LogP) is 3.59. The van der Waals surface area contributed by atoms with E-state index in [1.807, 2.05) is 24.3 Å². The van der Waals surface area contributed by atoms with Crippen LogP contribution in [0.2, 0.25) is 5.02 Å². The van der Waals surface area contributed by atoms with Gasteiger partial charge < -0.3 is 4.74 Å². The lowest BCUT2D eigenvalue weighted by atomic mass is 10.1. The molecule has 1 aliphatic rings. The van der Waals surface area contributed by atoms with E-state index in [9.17, 15) is 13.2 Å². The fourth-order valence-electron chi connectivity index (χ4n) is 3.35. The highest BCUT2D eigenvalue weighted by molar-refractivity contribution is 7.89. The molecule has 156 valence electrons. The molecule has 3 rings (SSSR count). The highest BCUT2D eigenvalue weighted by Gasteiger charge is 2.20. The van der Waals surface area contributed by atoms with E-state index in [-0.39, 0.29) is 22.0 Å². The summed E-state index contributed by atoms with van der Waals surface area (Å²) in [5, 5.41) is 0.0435. The van der Waals surface area contributed by atoms with Crippen LogP contribution in [0.25, 0.3) is 0 Å². The molecule has 0 unspecified atom stereocenters. The lowest BCUT2D eigenvalue weighted by molar-refractivity contribution is 0.0600. The van der Waals surface area contributed by atoms with Gasteiger partial charge in [0.25, 0.3) is 0 Å². The molecule has 1 saturated heterocycles. The van der Waals surface area contributed by atoms with Crippen LogP contribution in [0.1, 0.15) is 40.7 Å². The highest BCUT2D eigenvalue weighted by atomic mass is 35.5. The van der Waals surface area contributed by atoms with Gasteiger partial charge in [-0.1, -0.05) is 42.3 Å². The number of piperidine rings is 1. The molecule has 2 aromatic carbocycles. The monoisotopic (exact) mass is 436 g/mol. The number of carbonyl (C=O) groups is 1. The summed E-state index contributed by atoms with van der Waals surface area (Å²) in [5.74, 6) is -0.623. The Morgan fingerprint density at radius 2 is 1.72 bits per heavy atom. The van der Waals surface area contributed by atoms with Crippen molar-refractivity contribution in [3.8, 4) is 0 Å². The number of ether oxygens (including phenoxy) is 1. The molecule has 0 bridgehead atoms. The Morgan fingerprint density at radius 1 is 1.07 bits per heavy atom. The van der Waals surface area contributed by atoms with Gasteiger partial charge >= 0.3 is 5.97 Å². The number of methoxy groups -OCH3 is 1. The number of hydrogen-bond acceptors (Lipinski definition) is 5. The first-order valence-corrected chi connectivity index (χ1v) is 11.4. The van der Waals surface area contributed by atoms with Crippen LogP contribution < -0.4 is 4.72 Å². The third kappa shape index (κ3) is 5.79. The minimum absolute atomic E-state index is 0.0435. The molecule has 1 N–H and O–H groups in total. The smallest absolute Gasteiger partial charge is 0.337 e. The van der Waals surface area contributed by atoms with Crippen molar-refractivity contribution in [2.45, 2.75) is 37.2 Å². The number of benzene rings is 2. The molecule has 6 nitrogen and oxygen atoms in total. The normalized spacial score (nSPS) is 15.2. The third-order valence-electron chi connectivity index (χ3n) is 4.99. The van der Waals surface area contributed by atoms with E-state index in [1.54, 1.807) is 0 Å². The summed E-state index contributed by atoms with van der Waals surface area (Å²) < 4.78 is 32.5. The molecule has 0 aromatic heterocycles. The lowest BCUT2D eigenvalue weighted by Crippen LogP contribution is -2.29. The van der Waals surface area contributed by atoms with Gasteiger partial charge in [0, 0.05) is 13.1 Å². The SMILES string of the molecule is COC(=O)c1ccc(Cl)c(S(=O)(=O)NCc2ccc(CN3CCCCC3)cc2)c1. The summed E-state index contributed by atoms with van der Waals surface area (Å²) in [6.07, 6.45) is 3.81. The van der Waals surface area contributed by atoms with E-state index in [1.165, 1.54) is 50.1 Å². The van der Waals surface area contributed by atoms with Crippen LogP contribution in [0.5, 0.6) is 0 Å². The number of likely N-dealkylation sites (tertiary alicyclic amines) is 1. The van der Waals surface area contributed by atoms with Crippen LogP contribution >= 0.6 is 11.6 Å². The van der Waals surface area contributed by atoms with Crippen LogP contribution in [-0.2, 0) is 27.8 Å². The van der Waals surface area contributed by atoms with Gasteiger partial charge in [-0.15, -0.1) is 0 Å². The van der Waals surface area contributed by atoms with Crippen LogP contribution in [-0.4, -0.2) is 39.5 Å². The molecule has 2 aromatic rings. The zero-order valence-corrected chi connectivity index (χ0v) is 17.9. The number of sulfonamides is 1. The van der Waals surface area contributed by atoms with Crippen molar-refractivity contribution in [3.63, 3.8) is 0 Å². The van der Waals surface area contributed by atoms with Gasteiger partial charge in [0.05, 0.1) is 17.7 Å². The number of esters is 1. The number of nitrogens with one attached hydrogen (secondary N) is 1. The summed E-state index contributed by atoms with van der Waals surface area (Å²) in [5.41, 5.74) is 2.18. The van der Waals surface area contributed by atoms with Crippen molar-refractivity contribution in [1.29, 1.82) is 0 Å². The second-order valence-electron chi connectivity index (χ2n) is 7.11. The molecule has 0 radical (unpaired) electrons. The average Bonchev–Trinajstić information content (AvgIpc) is 2.73. The molecule has 1 fully saturated rings. The van der Waals surface area contributed by atoms with Crippen molar-refractivity contribution in [1.82, 2.24) is 9.62 Å². The van der Waals surface area contributed by atoms with E-state index in [4.69, 9.17) is 11.6 Å². The molecule has 0 atom stereocenters. The lowest BCUT2D eigenvalue weighted by Gasteiger charge is -2.26. The molecule has 0 aliphatic carbocycles. The molecule has 8 heteroatoms. The molecule has 29 heavy (non-hydrogen) atoms. The Balaban J connectivity index is 1.65. The average molecular weight is 437 g/mol. The van der Waals surface area contributed by atoms with Crippen molar-refractivity contribution >= 4 is 27.6 Å². The summed E-state index contributed by atoms with van der Waals surface area (Å²) in [6, 6.07) is 11.9. The summed E-state index contributed by atoms with van der Waals surface area (Å²) in [6.45, 7) is 3.31. The zero-order chi connectivity index (χ0) is 20.9. The standard InChI is InChI=1S/C21H25ClN2O4S/c1-28-21(25)18-9-10-19(22)20(13-18)29(26,27)23-14-16-5-7-17(8-6-16)15-24-11-3-2-4-12-24/h5-10,13,23H,2-4,11-12,14-15H2,1H3. The maximum absolute atomic E-state index is 12.7. The maximum atomic E-state index is 12.7. The van der Waals surface area contributed by atoms with Crippen molar-refractivity contribution in [3.05, 3.63) is 64.2 Å². The van der Waals surface area contributed by atoms with Crippen LogP contribution in [0.3, 0.4) is 0 Å². The van der Waals surface area contributed by atoms with Gasteiger partial charge in [-0.3, -0.25) is 4.90 Å². The number of hydrogen-bond donors (Lipinski definition) is 1. The molecule has 0 spiro atoms. The molecular weight excluding hydrogens is 412 g/mol. The summed E-state index contributed by atoms with van der Waals surface area (Å²) >= 11 is 6.05. The van der Waals surface area contributed by atoms with Crippen LogP contribution in [0.15, 0.2) is 47.4 Å². The molecule has 0 amide bonds.